The van der Waals surface area contributed by atoms with Crippen molar-refractivity contribution in [1.82, 2.24) is 9.55 Å². The van der Waals surface area contributed by atoms with E-state index >= 15 is 0 Å². The lowest BCUT2D eigenvalue weighted by molar-refractivity contribution is 0.617. The van der Waals surface area contributed by atoms with Gasteiger partial charge in [-0.15, -0.1) is 11.3 Å². The van der Waals surface area contributed by atoms with Crippen molar-refractivity contribution in [3.63, 3.8) is 0 Å². The fourth-order valence-corrected chi connectivity index (χ4v) is 2.72. The molecule has 0 aliphatic rings. The quantitative estimate of drug-likeness (QED) is 0.740. The topological polar surface area (TPSA) is 54.9 Å². The minimum Gasteiger partial charge on any atom is -0.306 e. The van der Waals surface area contributed by atoms with Crippen LogP contribution in [0.25, 0.3) is 15.9 Å². The van der Waals surface area contributed by atoms with Gasteiger partial charge in [-0.05, 0) is 42.1 Å². The molecule has 0 saturated heterocycles. The summed E-state index contributed by atoms with van der Waals surface area (Å²) >= 11 is 1.26. The van der Waals surface area contributed by atoms with Gasteiger partial charge in [-0.2, -0.15) is 0 Å². The number of hydrogen-bond acceptors (Lipinski definition) is 3. The van der Waals surface area contributed by atoms with Crippen molar-refractivity contribution in [2.45, 2.75) is 6.92 Å². The summed E-state index contributed by atoms with van der Waals surface area (Å²) in [6.07, 6.45) is 0. The van der Waals surface area contributed by atoms with Crippen LogP contribution < -0.4 is 11.2 Å². The number of nitrogens with zero attached hydrogens (tertiary/aromatic N) is 1. The van der Waals surface area contributed by atoms with Gasteiger partial charge in [0.2, 0.25) is 0 Å². The van der Waals surface area contributed by atoms with Gasteiger partial charge in [-0.1, -0.05) is 0 Å². The molecule has 96 valence electrons. The molecule has 3 aromatic rings. The first-order chi connectivity index (χ1) is 9.08. The third kappa shape index (κ3) is 1.80. The lowest BCUT2D eigenvalue weighted by atomic mass is 10.2. The first kappa shape index (κ1) is 11.9. The molecule has 2 aromatic heterocycles. The van der Waals surface area contributed by atoms with Gasteiger partial charge < -0.3 is 4.98 Å². The monoisotopic (exact) mass is 276 g/mol. The van der Waals surface area contributed by atoms with Crippen LogP contribution in [0.2, 0.25) is 0 Å². The van der Waals surface area contributed by atoms with Crippen molar-refractivity contribution in [3.05, 3.63) is 61.9 Å². The third-order valence-corrected chi connectivity index (χ3v) is 3.81. The molecule has 3 rings (SSSR count). The second kappa shape index (κ2) is 4.17. The molecule has 19 heavy (non-hydrogen) atoms. The number of hydrogen-bond donors (Lipinski definition) is 1. The molecular formula is C13H9FN2O2S. The van der Waals surface area contributed by atoms with E-state index < -0.39 is 5.69 Å². The average molecular weight is 276 g/mol. The Morgan fingerprint density at radius 2 is 2.05 bits per heavy atom. The lowest BCUT2D eigenvalue weighted by Crippen LogP contribution is -2.33. The SMILES string of the molecule is Cc1cc(-n2c(=O)[nH]c3ccsc3c2=O)ccc1F. The maximum atomic E-state index is 13.2. The number of aryl methyl sites for hydroxylation is 1. The van der Waals surface area contributed by atoms with Gasteiger partial charge in [0.15, 0.2) is 0 Å². The molecule has 0 aliphatic carbocycles. The zero-order valence-electron chi connectivity index (χ0n) is 9.94. The fraction of sp³-hybridized carbons (Fsp3) is 0.0769. The Bertz CT molecular complexity index is 892. The van der Waals surface area contributed by atoms with E-state index in [1.54, 1.807) is 18.4 Å². The second-order valence-corrected chi connectivity index (χ2v) is 5.08. The number of fused-ring (bicyclic) bond motifs is 1. The van der Waals surface area contributed by atoms with Crippen molar-refractivity contribution in [3.8, 4) is 5.69 Å². The van der Waals surface area contributed by atoms with Crippen molar-refractivity contribution in [2.75, 3.05) is 0 Å². The molecule has 0 radical (unpaired) electrons. The first-order valence-corrected chi connectivity index (χ1v) is 6.45. The van der Waals surface area contributed by atoms with E-state index in [1.165, 1.54) is 29.5 Å². The Kier molecular flexibility index (Phi) is 2.60. The van der Waals surface area contributed by atoms with Crippen molar-refractivity contribution in [2.24, 2.45) is 0 Å². The van der Waals surface area contributed by atoms with E-state index in [9.17, 15) is 14.0 Å². The van der Waals surface area contributed by atoms with E-state index in [1.807, 2.05) is 0 Å². The van der Waals surface area contributed by atoms with E-state index in [4.69, 9.17) is 0 Å². The number of rotatable bonds is 1. The minimum absolute atomic E-state index is 0.362. The Morgan fingerprint density at radius 1 is 1.26 bits per heavy atom. The summed E-state index contributed by atoms with van der Waals surface area (Å²) in [6, 6.07) is 5.82. The van der Waals surface area contributed by atoms with Crippen molar-refractivity contribution in [1.29, 1.82) is 0 Å². The highest BCUT2D eigenvalue weighted by Gasteiger charge is 2.11. The summed E-state index contributed by atoms with van der Waals surface area (Å²) in [5.74, 6) is -0.370. The van der Waals surface area contributed by atoms with Gasteiger partial charge in [-0.25, -0.2) is 13.8 Å². The predicted octanol–water partition coefficient (Wildman–Crippen LogP) is 2.19. The van der Waals surface area contributed by atoms with Crippen LogP contribution in [0.15, 0.2) is 39.2 Å². The summed E-state index contributed by atoms with van der Waals surface area (Å²) in [5, 5.41) is 1.74. The van der Waals surface area contributed by atoms with Crippen LogP contribution >= 0.6 is 11.3 Å². The molecule has 0 atom stereocenters. The largest absolute Gasteiger partial charge is 0.333 e. The Hall–Kier alpha value is -2.21. The Labute approximate surface area is 110 Å². The van der Waals surface area contributed by atoms with Crippen molar-refractivity contribution < 1.29 is 4.39 Å². The zero-order valence-corrected chi connectivity index (χ0v) is 10.8. The van der Waals surface area contributed by atoms with E-state index in [0.29, 0.717) is 21.5 Å². The number of aromatic nitrogens is 2. The molecule has 0 unspecified atom stereocenters. The molecule has 0 saturated carbocycles. The van der Waals surface area contributed by atoms with Gasteiger partial charge in [-0.3, -0.25) is 4.79 Å². The van der Waals surface area contributed by atoms with Crippen LogP contribution in [-0.2, 0) is 0 Å². The first-order valence-electron chi connectivity index (χ1n) is 5.57. The molecule has 0 bridgehead atoms. The molecule has 0 fully saturated rings. The summed E-state index contributed by atoms with van der Waals surface area (Å²) in [4.78, 5) is 26.9. The van der Waals surface area contributed by atoms with Crippen LogP contribution in [0.5, 0.6) is 0 Å². The lowest BCUT2D eigenvalue weighted by Gasteiger charge is -2.06. The Morgan fingerprint density at radius 3 is 2.79 bits per heavy atom. The molecule has 1 aromatic carbocycles. The fourth-order valence-electron chi connectivity index (χ4n) is 1.94. The number of benzene rings is 1. The Balaban J connectivity index is 2.38. The van der Waals surface area contributed by atoms with Crippen LogP contribution in [0.1, 0.15) is 5.56 Å². The van der Waals surface area contributed by atoms with Gasteiger partial charge in [0.05, 0.1) is 11.2 Å². The summed E-state index contributed by atoms with van der Waals surface area (Å²) < 4.78 is 14.7. The number of H-pyrrole nitrogens is 1. The molecule has 1 N–H and O–H groups in total. The summed E-state index contributed by atoms with van der Waals surface area (Å²) in [5.41, 5.74) is 0.354. The molecule has 0 spiro atoms. The molecule has 4 nitrogen and oxygen atoms in total. The number of halogens is 1. The predicted molar refractivity (Wildman–Crippen MR) is 72.7 cm³/mol. The highest BCUT2D eigenvalue weighted by Crippen LogP contribution is 2.15. The average Bonchev–Trinajstić information content (AvgIpc) is 2.82. The van der Waals surface area contributed by atoms with E-state index in [0.717, 1.165) is 4.57 Å². The second-order valence-electron chi connectivity index (χ2n) is 4.17. The van der Waals surface area contributed by atoms with Gasteiger partial charge >= 0.3 is 5.69 Å². The highest BCUT2D eigenvalue weighted by molar-refractivity contribution is 7.17. The van der Waals surface area contributed by atoms with Crippen LogP contribution in [0, 0.1) is 12.7 Å². The maximum absolute atomic E-state index is 13.2. The standard InChI is InChI=1S/C13H9FN2O2S/c1-7-6-8(2-3-9(7)14)16-12(17)11-10(4-5-19-11)15-13(16)18/h2-6H,1H3,(H,15,18). The number of thiophene rings is 1. The minimum atomic E-state index is -0.526. The zero-order chi connectivity index (χ0) is 13.6. The summed E-state index contributed by atoms with van der Waals surface area (Å²) in [6.45, 7) is 1.59. The molecular weight excluding hydrogens is 267 g/mol. The maximum Gasteiger partial charge on any atom is 0.333 e. The number of nitrogens with one attached hydrogen (secondary N) is 1. The molecule has 6 heteroatoms. The summed E-state index contributed by atoms with van der Waals surface area (Å²) in [7, 11) is 0. The normalized spacial score (nSPS) is 11.1. The third-order valence-electron chi connectivity index (χ3n) is 2.91. The molecule has 0 aliphatic heterocycles. The van der Waals surface area contributed by atoms with Gasteiger partial charge in [0.25, 0.3) is 5.56 Å². The number of aromatic amines is 1. The molecule has 2 heterocycles. The van der Waals surface area contributed by atoms with Gasteiger partial charge in [0.1, 0.15) is 10.5 Å². The van der Waals surface area contributed by atoms with Crippen LogP contribution in [0.4, 0.5) is 4.39 Å². The van der Waals surface area contributed by atoms with Crippen LogP contribution in [-0.4, -0.2) is 9.55 Å². The molecule has 0 amide bonds. The van der Waals surface area contributed by atoms with Crippen molar-refractivity contribution >= 4 is 21.6 Å². The highest BCUT2D eigenvalue weighted by atomic mass is 32.1. The van der Waals surface area contributed by atoms with Gasteiger partial charge in [0, 0.05) is 0 Å². The van der Waals surface area contributed by atoms with E-state index in [-0.39, 0.29) is 11.4 Å². The van der Waals surface area contributed by atoms with E-state index in [2.05, 4.69) is 4.98 Å². The van der Waals surface area contributed by atoms with Crippen LogP contribution in [0.3, 0.4) is 0 Å². The smallest absolute Gasteiger partial charge is 0.306 e.